The van der Waals surface area contributed by atoms with Crippen LogP contribution in [0.15, 0.2) is 12.3 Å². The zero-order chi connectivity index (χ0) is 13.8. The molecule has 104 valence electrons. The quantitative estimate of drug-likeness (QED) is 0.906. The van der Waals surface area contributed by atoms with Gasteiger partial charge in [0.2, 0.25) is 0 Å². The summed E-state index contributed by atoms with van der Waals surface area (Å²) in [6, 6.07) is 2.30. The van der Waals surface area contributed by atoms with Crippen molar-refractivity contribution in [3.05, 3.63) is 23.5 Å². The van der Waals surface area contributed by atoms with Crippen LogP contribution in [0.4, 0.5) is 5.69 Å². The van der Waals surface area contributed by atoms with Crippen LogP contribution in [0.25, 0.3) is 0 Å². The van der Waals surface area contributed by atoms with Crippen LogP contribution in [-0.4, -0.2) is 34.9 Å². The summed E-state index contributed by atoms with van der Waals surface area (Å²) in [6.07, 6.45) is 4.95. The second-order valence-electron chi connectivity index (χ2n) is 5.29. The molecule has 1 saturated heterocycles. The van der Waals surface area contributed by atoms with E-state index in [1.165, 1.54) is 0 Å². The van der Waals surface area contributed by atoms with E-state index in [2.05, 4.69) is 24.1 Å². The Morgan fingerprint density at radius 1 is 1.58 bits per heavy atom. The number of likely N-dealkylation sites (tertiary alicyclic amines) is 1. The Kier molecular flexibility index (Phi) is 4.40. The van der Waals surface area contributed by atoms with Gasteiger partial charge in [0.25, 0.3) is 5.91 Å². The number of nitrogens with one attached hydrogen (secondary N) is 1. The Hall–Kier alpha value is -1.58. The summed E-state index contributed by atoms with van der Waals surface area (Å²) in [7, 11) is 0. The number of aryl methyl sites for hydroxylation is 1. The van der Waals surface area contributed by atoms with Gasteiger partial charge in [-0.2, -0.15) is 0 Å². The topological polar surface area (TPSA) is 45.2 Å². The molecule has 1 fully saturated rings. The number of hydrogen-bond donors (Lipinski definition) is 1. The fraction of sp³-hybridized carbons (Fsp3) is 0.600. The fourth-order valence-corrected chi connectivity index (χ4v) is 2.53. The number of rotatable bonds is 4. The Morgan fingerprint density at radius 2 is 2.37 bits per heavy atom. The zero-order valence-corrected chi connectivity index (χ0v) is 12.1. The summed E-state index contributed by atoms with van der Waals surface area (Å²) in [5.41, 5.74) is 2.55. The van der Waals surface area contributed by atoms with Crippen LogP contribution in [0.3, 0.4) is 0 Å². The SMILES string of the molecule is CCCNc1cc(C)ncc1C(=O)N1CCCC1C. The van der Waals surface area contributed by atoms with Crippen LogP contribution in [-0.2, 0) is 0 Å². The standard InChI is InChI=1S/C15H23N3O/c1-4-7-16-14-9-11(2)17-10-13(14)15(19)18-8-5-6-12(18)3/h9-10,12H,4-8H2,1-3H3,(H,16,17). The molecule has 0 aromatic carbocycles. The molecule has 19 heavy (non-hydrogen) atoms. The fourth-order valence-electron chi connectivity index (χ4n) is 2.53. The van der Waals surface area contributed by atoms with Gasteiger partial charge in [0.15, 0.2) is 0 Å². The van der Waals surface area contributed by atoms with Crippen molar-refractivity contribution in [2.24, 2.45) is 0 Å². The smallest absolute Gasteiger partial charge is 0.257 e. The molecule has 0 aliphatic carbocycles. The molecule has 1 amide bonds. The highest BCUT2D eigenvalue weighted by atomic mass is 16.2. The zero-order valence-electron chi connectivity index (χ0n) is 12.1. The van der Waals surface area contributed by atoms with Crippen molar-refractivity contribution < 1.29 is 4.79 Å². The van der Waals surface area contributed by atoms with Crippen LogP contribution in [0.5, 0.6) is 0 Å². The molecule has 1 N–H and O–H groups in total. The van der Waals surface area contributed by atoms with E-state index >= 15 is 0 Å². The maximum absolute atomic E-state index is 12.6. The maximum Gasteiger partial charge on any atom is 0.257 e. The van der Waals surface area contributed by atoms with E-state index in [1.54, 1.807) is 6.20 Å². The number of carbonyl (C=O) groups excluding carboxylic acids is 1. The van der Waals surface area contributed by atoms with Gasteiger partial charge >= 0.3 is 0 Å². The molecular weight excluding hydrogens is 238 g/mol. The number of anilines is 1. The van der Waals surface area contributed by atoms with Gasteiger partial charge in [-0.1, -0.05) is 6.92 Å². The first-order chi connectivity index (χ1) is 9.13. The highest BCUT2D eigenvalue weighted by Crippen LogP contribution is 2.23. The van der Waals surface area contributed by atoms with Crippen LogP contribution >= 0.6 is 0 Å². The molecule has 4 heteroatoms. The molecule has 0 saturated carbocycles. The lowest BCUT2D eigenvalue weighted by Gasteiger charge is -2.23. The van der Waals surface area contributed by atoms with E-state index in [0.29, 0.717) is 11.6 Å². The Labute approximate surface area is 115 Å². The predicted octanol–water partition coefficient (Wildman–Crippen LogP) is 2.84. The molecule has 1 aliphatic rings. The average Bonchev–Trinajstić information content (AvgIpc) is 2.82. The van der Waals surface area contributed by atoms with E-state index in [-0.39, 0.29) is 5.91 Å². The third-order valence-electron chi connectivity index (χ3n) is 3.65. The Bertz CT molecular complexity index is 459. The van der Waals surface area contributed by atoms with E-state index < -0.39 is 0 Å². The van der Waals surface area contributed by atoms with E-state index in [0.717, 1.165) is 43.7 Å². The first kappa shape index (κ1) is 13.8. The van der Waals surface area contributed by atoms with E-state index in [1.807, 2.05) is 17.9 Å². The predicted molar refractivity (Wildman–Crippen MR) is 77.5 cm³/mol. The third-order valence-corrected chi connectivity index (χ3v) is 3.65. The van der Waals surface area contributed by atoms with Crippen molar-refractivity contribution >= 4 is 11.6 Å². The van der Waals surface area contributed by atoms with Gasteiger partial charge in [-0.05, 0) is 39.2 Å². The normalized spacial score (nSPS) is 18.7. The number of carbonyl (C=O) groups is 1. The molecular formula is C15H23N3O. The molecule has 0 bridgehead atoms. The molecule has 1 unspecified atom stereocenters. The van der Waals surface area contributed by atoms with Crippen molar-refractivity contribution in [3.63, 3.8) is 0 Å². The van der Waals surface area contributed by atoms with Gasteiger partial charge in [0.1, 0.15) is 0 Å². The molecule has 1 aromatic heterocycles. The molecule has 1 atom stereocenters. The monoisotopic (exact) mass is 261 g/mol. The summed E-state index contributed by atoms with van der Waals surface area (Å²) < 4.78 is 0. The number of aromatic nitrogens is 1. The third kappa shape index (κ3) is 3.06. The van der Waals surface area contributed by atoms with E-state index in [9.17, 15) is 4.79 Å². The lowest BCUT2D eigenvalue weighted by Crippen LogP contribution is -2.34. The molecule has 0 spiro atoms. The summed E-state index contributed by atoms with van der Waals surface area (Å²) in [6.45, 7) is 7.92. The molecule has 0 radical (unpaired) electrons. The van der Waals surface area contributed by atoms with Gasteiger partial charge in [0, 0.05) is 31.0 Å². The highest BCUT2D eigenvalue weighted by Gasteiger charge is 2.27. The van der Waals surface area contributed by atoms with Gasteiger partial charge in [0.05, 0.1) is 11.3 Å². The summed E-state index contributed by atoms with van der Waals surface area (Å²) >= 11 is 0. The molecule has 4 nitrogen and oxygen atoms in total. The minimum atomic E-state index is 0.108. The second kappa shape index (κ2) is 6.04. The van der Waals surface area contributed by atoms with Gasteiger partial charge in [-0.3, -0.25) is 9.78 Å². The number of amides is 1. The highest BCUT2D eigenvalue weighted by molar-refractivity contribution is 5.99. The second-order valence-corrected chi connectivity index (χ2v) is 5.29. The molecule has 1 aromatic rings. The average molecular weight is 261 g/mol. The van der Waals surface area contributed by atoms with Crippen LogP contribution in [0.1, 0.15) is 49.2 Å². The summed E-state index contributed by atoms with van der Waals surface area (Å²) in [4.78, 5) is 18.8. The lowest BCUT2D eigenvalue weighted by molar-refractivity contribution is 0.0748. The van der Waals surface area contributed by atoms with Crippen molar-refractivity contribution in [3.8, 4) is 0 Å². The van der Waals surface area contributed by atoms with Crippen LogP contribution < -0.4 is 5.32 Å². The maximum atomic E-state index is 12.6. The van der Waals surface area contributed by atoms with Crippen molar-refractivity contribution in [2.45, 2.75) is 46.1 Å². The summed E-state index contributed by atoms with van der Waals surface area (Å²) in [5.74, 6) is 0.108. The van der Waals surface area contributed by atoms with Crippen molar-refractivity contribution in [2.75, 3.05) is 18.4 Å². The number of hydrogen-bond acceptors (Lipinski definition) is 3. The largest absolute Gasteiger partial charge is 0.384 e. The Morgan fingerprint density at radius 3 is 3.00 bits per heavy atom. The van der Waals surface area contributed by atoms with Gasteiger partial charge in [-0.25, -0.2) is 0 Å². The van der Waals surface area contributed by atoms with Crippen molar-refractivity contribution in [1.82, 2.24) is 9.88 Å². The minimum Gasteiger partial charge on any atom is -0.384 e. The van der Waals surface area contributed by atoms with Crippen molar-refractivity contribution in [1.29, 1.82) is 0 Å². The number of nitrogens with zero attached hydrogens (tertiary/aromatic N) is 2. The summed E-state index contributed by atoms with van der Waals surface area (Å²) in [5, 5.41) is 3.34. The molecule has 2 rings (SSSR count). The first-order valence-electron chi connectivity index (χ1n) is 7.15. The van der Waals surface area contributed by atoms with Gasteiger partial charge < -0.3 is 10.2 Å². The Balaban J connectivity index is 2.24. The minimum absolute atomic E-state index is 0.108. The first-order valence-corrected chi connectivity index (χ1v) is 7.15. The van der Waals surface area contributed by atoms with E-state index in [4.69, 9.17) is 0 Å². The van der Waals surface area contributed by atoms with Crippen LogP contribution in [0, 0.1) is 6.92 Å². The van der Waals surface area contributed by atoms with Gasteiger partial charge in [-0.15, -0.1) is 0 Å². The van der Waals surface area contributed by atoms with Crippen LogP contribution in [0.2, 0.25) is 0 Å². The lowest BCUT2D eigenvalue weighted by atomic mass is 10.1. The number of pyridine rings is 1. The molecule has 2 heterocycles. The molecule has 1 aliphatic heterocycles.